The van der Waals surface area contributed by atoms with Crippen molar-refractivity contribution in [2.45, 2.75) is 37.1 Å². The molecule has 9 heteroatoms. The minimum atomic E-state index is -3.61. The van der Waals surface area contributed by atoms with Crippen LogP contribution in [0.4, 0.5) is 5.82 Å². The van der Waals surface area contributed by atoms with Crippen molar-refractivity contribution in [1.29, 1.82) is 0 Å². The topological polar surface area (TPSA) is 73.8 Å². The van der Waals surface area contributed by atoms with Crippen LogP contribution in [-0.2, 0) is 10.0 Å². The Morgan fingerprint density at radius 3 is 2.52 bits per heavy atom. The highest BCUT2D eigenvalue weighted by molar-refractivity contribution is 7.89. The normalized spacial score (nSPS) is 20.6. The number of anilines is 1. The molecule has 31 heavy (non-hydrogen) atoms. The van der Waals surface area contributed by atoms with Crippen molar-refractivity contribution in [3.8, 4) is 0 Å². The molecule has 0 radical (unpaired) electrons. The molecule has 1 unspecified atom stereocenters. The Morgan fingerprint density at radius 2 is 1.84 bits per heavy atom. The predicted molar refractivity (Wildman–Crippen MR) is 121 cm³/mol. The fraction of sp³-hybridized carbons (Fsp3) is 0.455. The van der Waals surface area contributed by atoms with Gasteiger partial charge < -0.3 is 9.80 Å². The molecule has 1 aromatic carbocycles. The number of piperidine rings is 1. The molecule has 0 spiro atoms. The van der Waals surface area contributed by atoms with Gasteiger partial charge in [0, 0.05) is 50.5 Å². The average molecular weight is 463 g/mol. The van der Waals surface area contributed by atoms with Crippen molar-refractivity contribution >= 4 is 33.3 Å². The average Bonchev–Trinajstić information content (AvgIpc) is 2.79. The summed E-state index contributed by atoms with van der Waals surface area (Å²) in [5.74, 6) is 0.688. The minimum Gasteiger partial charge on any atom is -0.353 e. The summed E-state index contributed by atoms with van der Waals surface area (Å²) in [4.78, 5) is 21.5. The van der Waals surface area contributed by atoms with Crippen molar-refractivity contribution in [3.63, 3.8) is 0 Å². The molecule has 1 atom stereocenters. The van der Waals surface area contributed by atoms with Crippen molar-refractivity contribution in [1.82, 2.24) is 14.2 Å². The third-order valence-corrected chi connectivity index (χ3v) is 8.27. The van der Waals surface area contributed by atoms with Gasteiger partial charge >= 0.3 is 0 Å². The van der Waals surface area contributed by atoms with Gasteiger partial charge in [0.2, 0.25) is 10.0 Å². The lowest BCUT2D eigenvalue weighted by molar-refractivity contribution is 0.0746. The molecular formula is C22H27ClN4O3S. The second-order valence-electron chi connectivity index (χ2n) is 8.10. The summed E-state index contributed by atoms with van der Waals surface area (Å²) < 4.78 is 27.9. The Hall–Kier alpha value is -2.16. The number of amides is 1. The number of carbonyl (C=O) groups is 1. The minimum absolute atomic E-state index is 0.0207. The molecule has 2 aliphatic rings. The van der Waals surface area contributed by atoms with E-state index in [1.165, 1.54) is 6.07 Å². The van der Waals surface area contributed by atoms with Crippen molar-refractivity contribution in [2.75, 3.05) is 37.6 Å². The van der Waals surface area contributed by atoms with E-state index in [0.29, 0.717) is 43.3 Å². The third-order valence-electron chi connectivity index (χ3n) is 6.03. The zero-order chi connectivity index (χ0) is 22.0. The van der Waals surface area contributed by atoms with Crippen LogP contribution in [0, 0.1) is 0 Å². The summed E-state index contributed by atoms with van der Waals surface area (Å²) >= 11 is 5.91. The Bertz CT molecular complexity index is 1040. The molecule has 3 heterocycles. The number of pyridine rings is 1. The van der Waals surface area contributed by atoms with E-state index in [0.717, 1.165) is 25.1 Å². The number of hydrogen-bond donors (Lipinski definition) is 0. The quantitative estimate of drug-likeness (QED) is 0.697. The summed E-state index contributed by atoms with van der Waals surface area (Å²) in [6, 6.07) is 10.1. The van der Waals surface area contributed by atoms with Crippen molar-refractivity contribution in [3.05, 3.63) is 53.2 Å². The van der Waals surface area contributed by atoms with Crippen molar-refractivity contribution in [2.24, 2.45) is 0 Å². The number of piperazine rings is 1. The first-order valence-electron chi connectivity index (χ1n) is 10.6. The number of halogens is 1. The van der Waals surface area contributed by atoms with Crippen LogP contribution >= 0.6 is 11.6 Å². The Kier molecular flexibility index (Phi) is 6.50. The first-order chi connectivity index (χ1) is 14.9. The molecule has 7 nitrogen and oxygen atoms in total. The van der Waals surface area contributed by atoms with Gasteiger partial charge in [-0.3, -0.25) is 4.79 Å². The summed E-state index contributed by atoms with van der Waals surface area (Å²) in [5, 5.41) is 0.589. The summed E-state index contributed by atoms with van der Waals surface area (Å²) in [6.45, 7) is 4.88. The largest absolute Gasteiger partial charge is 0.353 e. The SMILES string of the molecule is CC1CCCCN1S(=O)(=O)c1cccc(C(=O)N2CCN(c3ccc(Cl)cn3)CC2)c1. The summed E-state index contributed by atoms with van der Waals surface area (Å²) in [6.07, 6.45) is 4.40. The monoisotopic (exact) mass is 462 g/mol. The Labute approximate surface area is 188 Å². The van der Waals surface area contributed by atoms with E-state index >= 15 is 0 Å². The first kappa shape index (κ1) is 22.0. The van der Waals surface area contributed by atoms with E-state index in [1.807, 2.05) is 13.0 Å². The molecule has 2 fully saturated rings. The molecule has 2 aliphatic heterocycles. The van der Waals surface area contributed by atoms with E-state index in [4.69, 9.17) is 11.6 Å². The van der Waals surface area contributed by atoms with Crippen LogP contribution in [0.25, 0.3) is 0 Å². The number of hydrogen-bond acceptors (Lipinski definition) is 5. The van der Waals surface area contributed by atoms with Gasteiger partial charge in [0.1, 0.15) is 5.82 Å². The highest BCUT2D eigenvalue weighted by atomic mass is 35.5. The van der Waals surface area contributed by atoms with Crippen LogP contribution in [0.1, 0.15) is 36.5 Å². The molecule has 0 aliphatic carbocycles. The number of rotatable bonds is 4. The lowest BCUT2D eigenvalue weighted by Gasteiger charge is -2.35. The van der Waals surface area contributed by atoms with Gasteiger partial charge in [-0.25, -0.2) is 13.4 Å². The summed E-state index contributed by atoms with van der Waals surface area (Å²) in [7, 11) is -3.61. The molecule has 0 N–H and O–H groups in total. The highest BCUT2D eigenvalue weighted by Gasteiger charge is 2.32. The first-order valence-corrected chi connectivity index (χ1v) is 12.5. The predicted octanol–water partition coefficient (Wildman–Crippen LogP) is 3.26. The second kappa shape index (κ2) is 9.14. The van der Waals surface area contributed by atoms with Gasteiger partial charge in [0.15, 0.2) is 0 Å². The molecule has 4 rings (SSSR count). The van der Waals surface area contributed by atoms with Gasteiger partial charge in [0.25, 0.3) is 5.91 Å². The number of aromatic nitrogens is 1. The molecule has 1 amide bonds. The highest BCUT2D eigenvalue weighted by Crippen LogP contribution is 2.26. The lowest BCUT2D eigenvalue weighted by atomic mass is 10.1. The van der Waals surface area contributed by atoms with E-state index in [9.17, 15) is 13.2 Å². The fourth-order valence-electron chi connectivity index (χ4n) is 4.23. The standard InChI is InChI=1S/C22H27ClN4O3S/c1-17-5-2-3-10-27(17)31(29,30)20-7-4-6-18(15-20)22(28)26-13-11-25(12-14-26)21-9-8-19(23)16-24-21/h4,6-9,15-17H,2-3,5,10-14H2,1H3. The molecule has 166 valence electrons. The third kappa shape index (κ3) is 4.71. The van der Waals surface area contributed by atoms with Crippen LogP contribution in [0.5, 0.6) is 0 Å². The van der Waals surface area contributed by atoms with E-state index < -0.39 is 10.0 Å². The van der Waals surface area contributed by atoms with E-state index in [2.05, 4.69) is 9.88 Å². The van der Waals surface area contributed by atoms with E-state index in [1.54, 1.807) is 39.7 Å². The molecular weight excluding hydrogens is 436 g/mol. The second-order valence-corrected chi connectivity index (χ2v) is 10.4. The fourth-order valence-corrected chi connectivity index (χ4v) is 6.09. The van der Waals surface area contributed by atoms with Gasteiger partial charge in [-0.05, 0) is 50.1 Å². The van der Waals surface area contributed by atoms with Crippen LogP contribution in [-0.4, -0.2) is 67.3 Å². The molecule has 0 bridgehead atoms. The number of carbonyl (C=O) groups excluding carboxylic acids is 1. The molecule has 0 saturated carbocycles. The molecule has 1 aromatic heterocycles. The maximum absolute atomic E-state index is 13.2. The Morgan fingerprint density at radius 1 is 1.06 bits per heavy atom. The molecule has 2 saturated heterocycles. The van der Waals surface area contributed by atoms with Gasteiger partial charge in [-0.1, -0.05) is 24.1 Å². The van der Waals surface area contributed by atoms with E-state index in [-0.39, 0.29) is 16.8 Å². The van der Waals surface area contributed by atoms with Gasteiger partial charge in [0.05, 0.1) is 9.92 Å². The smallest absolute Gasteiger partial charge is 0.254 e. The lowest BCUT2D eigenvalue weighted by Crippen LogP contribution is -2.49. The molecule has 2 aromatic rings. The number of sulfonamides is 1. The van der Waals surface area contributed by atoms with Gasteiger partial charge in [-0.2, -0.15) is 4.31 Å². The number of benzene rings is 1. The van der Waals surface area contributed by atoms with Crippen LogP contribution in [0.2, 0.25) is 5.02 Å². The maximum Gasteiger partial charge on any atom is 0.254 e. The zero-order valence-electron chi connectivity index (χ0n) is 17.6. The summed E-state index contributed by atoms with van der Waals surface area (Å²) in [5.41, 5.74) is 0.406. The van der Waals surface area contributed by atoms with Gasteiger partial charge in [-0.15, -0.1) is 0 Å². The maximum atomic E-state index is 13.2. The zero-order valence-corrected chi connectivity index (χ0v) is 19.1. The Balaban J connectivity index is 1.46. The van der Waals surface area contributed by atoms with Crippen LogP contribution in [0.3, 0.4) is 0 Å². The number of nitrogens with zero attached hydrogens (tertiary/aromatic N) is 4. The van der Waals surface area contributed by atoms with Crippen LogP contribution < -0.4 is 4.90 Å². The van der Waals surface area contributed by atoms with Crippen LogP contribution in [0.15, 0.2) is 47.5 Å². The van der Waals surface area contributed by atoms with Crippen molar-refractivity contribution < 1.29 is 13.2 Å².